The predicted molar refractivity (Wildman–Crippen MR) is 77.3 cm³/mol. The first-order valence-corrected chi connectivity index (χ1v) is 6.96. The van der Waals surface area contributed by atoms with Gasteiger partial charge in [-0.05, 0) is 13.0 Å². The number of nitrogens with one attached hydrogen (secondary N) is 1. The van der Waals surface area contributed by atoms with Crippen LogP contribution in [0.25, 0.3) is 0 Å². The van der Waals surface area contributed by atoms with Crippen LogP contribution in [-0.4, -0.2) is 36.4 Å². The zero-order valence-electron chi connectivity index (χ0n) is 10.9. The molecule has 1 aliphatic rings. The Bertz CT molecular complexity index is 504. The lowest BCUT2D eigenvalue weighted by Crippen LogP contribution is -2.27. The Hall–Kier alpha value is -1.40. The fourth-order valence-corrected chi connectivity index (χ4v) is 2.55. The van der Waals surface area contributed by atoms with Gasteiger partial charge >= 0.3 is 0 Å². The molecule has 19 heavy (non-hydrogen) atoms. The molecule has 0 saturated carbocycles. The molecule has 1 heterocycles. The minimum absolute atomic E-state index is 0.0743. The summed E-state index contributed by atoms with van der Waals surface area (Å²) < 4.78 is 18.6. The highest BCUT2D eigenvalue weighted by Crippen LogP contribution is 2.16. The first-order valence-electron chi connectivity index (χ1n) is 5.97. The summed E-state index contributed by atoms with van der Waals surface area (Å²) in [6.07, 6.45) is 0. The highest BCUT2D eigenvalue weighted by molar-refractivity contribution is 8.14. The first kappa shape index (κ1) is 14.0. The number of rotatable bonds is 4. The number of benzene rings is 1. The van der Waals surface area contributed by atoms with Crippen LogP contribution in [0.5, 0.6) is 0 Å². The third-order valence-corrected chi connectivity index (χ3v) is 3.45. The number of ether oxygens (including phenoxy) is 1. The van der Waals surface area contributed by atoms with Crippen LogP contribution < -0.4 is 5.43 Å². The maximum absolute atomic E-state index is 13.6. The molecule has 6 heteroatoms. The molecule has 0 fully saturated rings. The van der Waals surface area contributed by atoms with Crippen LogP contribution in [0.1, 0.15) is 12.5 Å². The molecule has 0 aromatic heterocycles. The van der Waals surface area contributed by atoms with Gasteiger partial charge < -0.3 is 4.74 Å². The van der Waals surface area contributed by atoms with E-state index in [0.29, 0.717) is 23.6 Å². The van der Waals surface area contributed by atoms with Crippen LogP contribution in [0.15, 0.2) is 34.4 Å². The van der Waals surface area contributed by atoms with Crippen LogP contribution in [0.3, 0.4) is 0 Å². The molecule has 2 rings (SSSR count). The van der Waals surface area contributed by atoms with Crippen molar-refractivity contribution in [2.24, 2.45) is 10.1 Å². The van der Waals surface area contributed by atoms with Gasteiger partial charge in [-0.2, -0.15) is 5.10 Å². The topological polar surface area (TPSA) is 46.0 Å². The number of thioether (sulfide) groups is 1. The van der Waals surface area contributed by atoms with Gasteiger partial charge in [0, 0.05) is 18.4 Å². The number of halogens is 1. The summed E-state index contributed by atoms with van der Waals surface area (Å²) in [5.74, 6) is 0.351. The van der Waals surface area contributed by atoms with Gasteiger partial charge in [0.15, 0.2) is 5.17 Å². The van der Waals surface area contributed by atoms with Crippen molar-refractivity contribution in [1.82, 2.24) is 5.43 Å². The molecule has 0 unspecified atom stereocenters. The summed E-state index contributed by atoms with van der Waals surface area (Å²) in [7, 11) is 1.65. The molecule has 0 bridgehead atoms. The number of hydrogen-bond acceptors (Lipinski definition) is 4. The van der Waals surface area contributed by atoms with E-state index in [2.05, 4.69) is 15.5 Å². The quantitative estimate of drug-likeness (QED) is 0.921. The van der Waals surface area contributed by atoms with E-state index in [4.69, 9.17) is 4.74 Å². The van der Waals surface area contributed by atoms with Gasteiger partial charge in [0.05, 0.1) is 18.4 Å². The van der Waals surface area contributed by atoms with E-state index in [0.717, 1.165) is 5.17 Å². The van der Waals surface area contributed by atoms with Crippen molar-refractivity contribution < 1.29 is 9.13 Å². The molecule has 1 aliphatic heterocycles. The SMILES string of the molecule is COC[C@@H](C)N=C1NN=C(c2ccccc2F)CS1. The molecule has 0 spiro atoms. The minimum atomic E-state index is -0.253. The van der Waals surface area contributed by atoms with Crippen molar-refractivity contribution >= 4 is 22.6 Å². The van der Waals surface area contributed by atoms with Gasteiger partial charge in [-0.25, -0.2) is 4.39 Å². The van der Waals surface area contributed by atoms with E-state index in [1.165, 1.54) is 17.8 Å². The van der Waals surface area contributed by atoms with Gasteiger partial charge in [-0.3, -0.25) is 10.4 Å². The molecule has 102 valence electrons. The molecule has 0 aliphatic carbocycles. The van der Waals surface area contributed by atoms with E-state index in [9.17, 15) is 4.39 Å². The smallest absolute Gasteiger partial charge is 0.177 e. The van der Waals surface area contributed by atoms with Crippen LogP contribution in [0, 0.1) is 5.82 Å². The fourth-order valence-electron chi connectivity index (χ4n) is 1.69. The number of nitrogens with zero attached hydrogens (tertiary/aromatic N) is 2. The summed E-state index contributed by atoms with van der Waals surface area (Å²) in [5, 5.41) is 4.93. The summed E-state index contributed by atoms with van der Waals surface area (Å²) in [4.78, 5) is 4.42. The number of methoxy groups -OCH3 is 1. The van der Waals surface area contributed by atoms with Crippen molar-refractivity contribution in [3.63, 3.8) is 0 Å². The Balaban J connectivity index is 2.06. The van der Waals surface area contributed by atoms with Gasteiger partial charge in [0.25, 0.3) is 0 Å². The molecule has 4 nitrogen and oxygen atoms in total. The molecule has 1 aromatic carbocycles. The highest BCUT2D eigenvalue weighted by atomic mass is 32.2. The molecule has 1 aromatic rings. The summed E-state index contributed by atoms with van der Waals surface area (Å²) >= 11 is 1.51. The van der Waals surface area contributed by atoms with E-state index in [-0.39, 0.29) is 11.9 Å². The van der Waals surface area contributed by atoms with Crippen LogP contribution >= 0.6 is 11.8 Å². The third-order valence-electron chi connectivity index (χ3n) is 2.56. The molecule has 0 saturated heterocycles. The Morgan fingerprint density at radius 3 is 2.95 bits per heavy atom. The Morgan fingerprint density at radius 2 is 2.32 bits per heavy atom. The average molecular weight is 281 g/mol. The number of hydrogen-bond donors (Lipinski definition) is 1. The van der Waals surface area contributed by atoms with Gasteiger partial charge in [0.2, 0.25) is 0 Å². The molecule has 1 N–H and O–H groups in total. The lowest BCUT2D eigenvalue weighted by Gasteiger charge is -2.16. The molecular formula is C13H16FN3OS. The van der Waals surface area contributed by atoms with Crippen LogP contribution in [-0.2, 0) is 4.74 Å². The summed E-state index contributed by atoms with van der Waals surface area (Å²) in [5.41, 5.74) is 4.09. The van der Waals surface area contributed by atoms with Crippen LogP contribution in [0.2, 0.25) is 0 Å². The van der Waals surface area contributed by atoms with Gasteiger partial charge in [0.1, 0.15) is 5.82 Å². The van der Waals surface area contributed by atoms with Crippen molar-refractivity contribution in [2.45, 2.75) is 13.0 Å². The summed E-state index contributed by atoms with van der Waals surface area (Å²) in [6, 6.07) is 6.71. The molecule has 0 radical (unpaired) electrons. The number of aliphatic imine (C=N–C) groups is 1. The molecular weight excluding hydrogens is 265 g/mol. The van der Waals surface area contributed by atoms with Crippen molar-refractivity contribution in [2.75, 3.05) is 19.5 Å². The van der Waals surface area contributed by atoms with Crippen LogP contribution in [0.4, 0.5) is 4.39 Å². The lowest BCUT2D eigenvalue weighted by atomic mass is 10.1. The van der Waals surface area contributed by atoms with E-state index >= 15 is 0 Å². The highest BCUT2D eigenvalue weighted by Gasteiger charge is 2.16. The van der Waals surface area contributed by atoms with Crippen molar-refractivity contribution in [3.8, 4) is 0 Å². The van der Waals surface area contributed by atoms with E-state index < -0.39 is 0 Å². The maximum Gasteiger partial charge on any atom is 0.177 e. The first-order chi connectivity index (χ1) is 9.20. The second-order valence-electron chi connectivity index (χ2n) is 4.18. The van der Waals surface area contributed by atoms with Gasteiger partial charge in [-0.15, -0.1) is 0 Å². The zero-order valence-corrected chi connectivity index (χ0v) is 11.7. The number of hydrazone groups is 1. The van der Waals surface area contributed by atoms with Crippen molar-refractivity contribution in [1.29, 1.82) is 0 Å². The summed E-state index contributed by atoms with van der Waals surface area (Å²) in [6.45, 7) is 2.53. The minimum Gasteiger partial charge on any atom is -0.382 e. The standard InChI is InChI=1S/C13H16FN3OS/c1-9(7-18-2)15-13-17-16-12(8-19-13)10-5-3-4-6-11(10)14/h3-6,9H,7-8H2,1-2H3,(H,15,17)/t9-/m1/s1. The third kappa shape index (κ3) is 3.78. The molecule has 0 amide bonds. The largest absolute Gasteiger partial charge is 0.382 e. The Labute approximate surface area is 116 Å². The predicted octanol–water partition coefficient (Wildman–Crippen LogP) is 2.26. The average Bonchev–Trinajstić information content (AvgIpc) is 2.41. The monoisotopic (exact) mass is 281 g/mol. The Kier molecular flexibility index (Phi) is 4.93. The Morgan fingerprint density at radius 1 is 1.53 bits per heavy atom. The normalized spacial score (nSPS) is 18.9. The van der Waals surface area contributed by atoms with Crippen molar-refractivity contribution in [3.05, 3.63) is 35.6 Å². The fraction of sp³-hybridized carbons (Fsp3) is 0.385. The lowest BCUT2D eigenvalue weighted by molar-refractivity contribution is 0.186. The van der Waals surface area contributed by atoms with E-state index in [1.807, 2.05) is 6.92 Å². The maximum atomic E-state index is 13.6. The second-order valence-corrected chi connectivity index (χ2v) is 5.14. The number of amidine groups is 1. The second kappa shape index (κ2) is 6.68. The van der Waals surface area contributed by atoms with E-state index in [1.54, 1.807) is 25.3 Å². The van der Waals surface area contributed by atoms with Gasteiger partial charge in [-0.1, -0.05) is 30.0 Å². The molecule has 1 atom stereocenters. The zero-order chi connectivity index (χ0) is 13.7.